The van der Waals surface area contributed by atoms with Crippen molar-refractivity contribution in [2.24, 2.45) is 5.92 Å². The van der Waals surface area contributed by atoms with E-state index < -0.39 is 5.60 Å². The highest BCUT2D eigenvalue weighted by Gasteiger charge is 2.18. The number of benzene rings is 1. The first-order chi connectivity index (χ1) is 9.76. The number of rotatable bonds is 5. The van der Waals surface area contributed by atoms with E-state index in [2.05, 4.69) is 19.2 Å². The van der Waals surface area contributed by atoms with Gasteiger partial charge in [-0.3, -0.25) is 0 Å². The number of amides is 1. The van der Waals surface area contributed by atoms with Crippen molar-refractivity contribution >= 4 is 12.2 Å². The highest BCUT2D eigenvalue weighted by molar-refractivity contribution is 5.68. The molecular formula is C18H27NO2. The lowest BCUT2D eigenvalue weighted by Gasteiger charge is -2.23. The highest BCUT2D eigenvalue weighted by Crippen LogP contribution is 2.11. The molecule has 1 amide bonds. The Morgan fingerprint density at radius 1 is 1.24 bits per heavy atom. The third-order valence-electron chi connectivity index (χ3n) is 2.75. The molecule has 1 aromatic carbocycles. The molecule has 116 valence electrons. The van der Waals surface area contributed by atoms with Crippen LogP contribution in [0.1, 0.15) is 46.6 Å². The summed E-state index contributed by atoms with van der Waals surface area (Å²) in [5.41, 5.74) is 0.646. The molecule has 0 heterocycles. The monoisotopic (exact) mass is 289 g/mol. The van der Waals surface area contributed by atoms with Crippen molar-refractivity contribution in [2.75, 3.05) is 0 Å². The van der Waals surface area contributed by atoms with Crippen LogP contribution in [0.4, 0.5) is 4.79 Å². The maximum absolute atomic E-state index is 11.9. The molecule has 21 heavy (non-hydrogen) atoms. The van der Waals surface area contributed by atoms with Crippen LogP contribution in [0.2, 0.25) is 0 Å². The van der Waals surface area contributed by atoms with Crippen LogP contribution in [0.25, 0.3) is 6.08 Å². The van der Waals surface area contributed by atoms with Gasteiger partial charge < -0.3 is 10.1 Å². The summed E-state index contributed by atoms with van der Waals surface area (Å²) in [6.07, 6.45) is 4.57. The maximum Gasteiger partial charge on any atom is 0.408 e. The van der Waals surface area contributed by atoms with E-state index in [1.54, 1.807) is 0 Å². The fraction of sp³-hybridized carbons (Fsp3) is 0.500. The minimum Gasteiger partial charge on any atom is -0.444 e. The lowest BCUT2D eigenvalue weighted by molar-refractivity contribution is 0.0510. The fourth-order valence-corrected chi connectivity index (χ4v) is 1.94. The molecule has 1 atom stereocenters. The van der Waals surface area contributed by atoms with Gasteiger partial charge in [0.15, 0.2) is 0 Å². The number of alkyl carbamates (subject to hydrolysis) is 1. The van der Waals surface area contributed by atoms with Gasteiger partial charge in [0.25, 0.3) is 0 Å². The number of nitrogens with one attached hydrogen (secondary N) is 1. The Bertz CT molecular complexity index is 458. The highest BCUT2D eigenvalue weighted by atomic mass is 16.6. The normalized spacial score (nSPS) is 13.4. The van der Waals surface area contributed by atoms with Gasteiger partial charge in [0, 0.05) is 0 Å². The molecule has 0 fully saturated rings. The third kappa shape index (κ3) is 8.18. The van der Waals surface area contributed by atoms with Crippen LogP contribution < -0.4 is 5.32 Å². The lowest BCUT2D eigenvalue weighted by Crippen LogP contribution is -2.38. The molecule has 0 saturated carbocycles. The molecule has 0 aliphatic carbocycles. The van der Waals surface area contributed by atoms with E-state index >= 15 is 0 Å². The molecule has 1 rings (SSSR count). The Morgan fingerprint density at radius 2 is 1.86 bits per heavy atom. The smallest absolute Gasteiger partial charge is 0.408 e. The molecule has 0 unspecified atom stereocenters. The van der Waals surface area contributed by atoms with Gasteiger partial charge in [-0.05, 0) is 38.7 Å². The summed E-state index contributed by atoms with van der Waals surface area (Å²) in [5.74, 6) is 0.491. The standard InChI is InChI=1S/C18H27NO2/c1-14(2)13-16(19-17(20)21-18(3,4)5)12-11-15-9-7-6-8-10-15/h6-12,14,16H,13H2,1-5H3,(H,19,20)/b12-11+/t16-/m1/s1. The maximum atomic E-state index is 11.9. The summed E-state index contributed by atoms with van der Waals surface area (Å²) >= 11 is 0. The van der Waals surface area contributed by atoms with Crippen molar-refractivity contribution in [1.82, 2.24) is 5.32 Å². The summed E-state index contributed by atoms with van der Waals surface area (Å²) in [7, 11) is 0. The van der Waals surface area contributed by atoms with E-state index in [1.165, 1.54) is 0 Å². The van der Waals surface area contributed by atoms with Crippen molar-refractivity contribution in [2.45, 2.75) is 52.7 Å². The summed E-state index contributed by atoms with van der Waals surface area (Å²) in [5, 5.41) is 2.93. The van der Waals surface area contributed by atoms with Crippen LogP contribution in [-0.4, -0.2) is 17.7 Å². The molecule has 0 aliphatic heterocycles. The molecule has 0 spiro atoms. The molecule has 1 N–H and O–H groups in total. The van der Waals surface area contributed by atoms with Gasteiger partial charge >= 0.3 is 6.09 Å². The van der Waals surface area contributed by atoms with Crippen LogP contribution in [0.5, 0.6) is 0 Å². The second-order valence-electron chi connectivity index (χ2n) is 6.65. The van der Waals surface area contributed by atoms with Gasteiger partial charge in [-0.1, -0.05) is 56.3 Å². The fourth-order valence-electron chi connectivity index (χ4n) is 1.94. The van der Waals surface area contributed by atoms with Gasteiger partial charge in [0.05, 0.1) is 6.04 Å². The molecule has 0 saturated heterocycles. The first-order valence-electron chi connectivity index (χ1n) is 7.49. The van der Waals surface area contributed by atoms with Crippen LogP contribution >= 0.6 is 0 Å². The zero-order valence-corrected chi connectivity index (χ0v) is 13.7. The first kappa shape index (κ1) is 17.3. The van der Waals surface area contributed by atoms with E-state index in [0.717, 1.165) is 12.0 Å². The minimum atomic E-state index is -0.477. The van der Waals surface area contributed by atoms with Gasteiger partial charge in [-0.2, -0.15) is 0 Å². The summed E-state index contributed by atoms with van der Waals surface area (Å²) in [6, 6.07) is 10.0. The molecule has 0 radical (unpaired) electrons. The summed E-state index contributed by atoms with van der Waals surface area (Å²) < 4.78 is 5.32. The van der Waals surface area contributed by atoms with Crippen molar-refractivity contribution < 1.29 is 9.53 Å². The number of hydrogen-bond donors (Lipinski definition) is 1. The average molecular weight is 289 g/mol. The van der Waals surface area contributed by atoms with Crippen molar-refractivity contribution in [3.63, 3.8) is 0 Å². The van der Waals surface area contributed by atoms with Crippen molar-refractivity contribution in [3.05, 3.63) is 42.0 Å². The topological polar surface area (TPSA) is 38.3 Å². The van der Waals surface area contributed by atoms with E-state index in [9.17, 15) is 4.79 Å². The molecule has 0 aliphatic rings. The van der Waals surface area contributed by atoms with Gasteiger partial charge in [-0.15, -0.1) is 0 Å². The van der Waals surface area contributed by atoms with Crippen LogP contribution in [0, 0.1) is 5.92 Å². The Hall–Kier alpha value is -1.77. The number of carbonyl (C=O) groups is 1. The molecule has 1 aromatic rings. The predicted molar refractivity (Wildman–Crippen MR) is 88.1 cm³/mol. The molecule has 3 heteroatoms. The van der Waals surface area contributed by atoms with Crippen LogP contribution in [0.3, 0.4) is 0 Å². The zero-order valence-electron chi connectivity index (χ0n) is 13.7. The second kappa shape index (κ2) is 7.87. The van der Waals surface area contributed by atoms with Crippen molar-refractivity contribution in [1.29, 1.82) is 0 Å². The predicted octanol–water partition coefficient (Wildman–Crippen LogP) is 4.64. The van der Waals surface area contributed by atoms with E-state index in [0.29, 0.717) is 5.92 Å². The Kier molecular flexibility index (Phi) is 6.47. The largest absolute Gasteiger partial charge is 0.444 e. The van der Waals surface area contributed by atoms with Gasteiger partial charge in [0.2, 0.25) is 0 Å². The number of ether oxygens (including phenoxy) is 1. The zero-order chi connectivity index (χ0) is 15.9. The molecule has 0 aromatic heterocycles. The SMILES string of the molecule is CC(C)C[C@@H](/C=C/c1ccccc1)NC(=O)OC(C)(C)C. The van der Waals surface area contributed by atoms with Crippen molar-refractivity contribution in [3.8, 4) is 0 Å². The molecule has 3 nitrogen and oxygen atoms in total. The lowest BCUT2D eigenvalue weighted by atomic mass is 10.0. The van der Waals surface area contributed by atoms with E-state index in [-0.39, 0.29) is 12.1 Å². The van der Waals surface area contributed by atoms with E-state index in [4.69, 9.17) is 4.74 Å². The Morgan fingerprint density at radius 3 is 2.38 bits per heavy atom. The summed E-state index contributed by atoms with van der Waals surface area (Å²) in [4.78, 5) is 11.9. The Labute approximate surface area is 128 Å². The molecule has 0 bridgehead atoms. The van der Waals surface area contributed by atoms with Gasteiger partial charge in [0.1, 0.15) is 5.60 Å². The first-order valence-corrected chi connectivity index (χ1v) is 7.49. The number of hydrogen-bond acceptors (Lipinski definition) is 2. The Balaban J connectivity index is 2.68. The second-order valence-corrected chi connectivity index (χ2v) is 6.65. The van der Waals surface area contributed by atoms with Crippen LogP contribution in [-0.2, 0) is 4.74 Å². The number of carbonyl (C=O) groups excluding carboxylic acids is 1. The minimum absolute atomic E-state index is 0.0277. The quantitative estimate of drug-likeness (QED) is 0.857. The van der Waals surface area contributed by atoms with E-state index in [1.807, 2.05) is 63.3 Å². The molecular weight excluding hydrogens is 262 g/mol. The van der Waals surface area contributed by atoms with Gasteiger partial charge in [-0.25, -0.2) is 4.79 Å². The van der Waals surface area contributed by atoms with Crippen LogP contribution in [0.15, 0.2) is 36.4 Å². The average Bonchev–Trinajstić information content (AvgIpc) is 2.34. The third-order valence-corrected chi connectivity index (χ3v) is 2.75. The summed E-state index contributed by atoms with van der Waals surface area (Å²) in [6.45, 7) is 9.87.